The van der Waals surface area contributed by atoms with Crippen LogP contribution in [0.3, 0.4) is 0 Å². The third kappa shape index (κ3) is 4.95. The molecule has 1 aromatic rings. The lowest BCUT2D eigenvalue weighted by atomic mass is 9.83. The Morgan fingerprint density at radius 3 is 2.35 bits per heavy atom. The van der Waals surface area contributed by atoms with Crippen LogP contribution in [-0.2, 0) is 13.1 Å². The lowest BCUT2D eigenvalue weighted by Crippen LogP contribution is -2.36. The molecule has 1 fully saturated rings. The number of hydrogen-bond donors (Lipinski definition) is 1. The van der Waals surface area contributed by atoms with Crippen molar-refractivity contribution in [1.82, 2.24) is 10.2 Å². The highest BCUT2D eigenvalue weighted by atomic mass is 16.3. The summed E-state index contributed by atoms with van der Waals surface area (Å²) < 4.78 is 5.93. The number of piperidine rings is 1. The Labute approximate surface area is 123 Å². The van der Waals surface area contributed by atoms with Crippen LogP contribution in [0.5, 0.6) is 0 Å². The molecule has 2 rings (SSSR count). The molecule has 0 atom stereocenters. The van der Waals surface area contributed by atoms with Gasteiger partial charge in [0.15, 0.2) is 0 Å². The standard InChI is InChI=1S/C17H30N2O/c1-16(2,3)18-12-14-6-7-15(20-14)13-19-10-8-17(4,5)9-11-19/h6-7,18H,8-13H2,1-5H3. The van der Waals surface area contributed by atoms with Gasteiger partial charge in [-0.3, -0.25) is 4.90 Å². The van der Waals surface area contributed by atoms with Crippen molar-refractivity contribution in [3.05, 3.63) is 23.7 Å². The summed E-state index contributed by atoms with van der Waals surface area (Å²) >= 11 is 0. The predicted octanol–water partition coefficient (Wildman–Crippen LogP) is 3.79. The minimum atomic E-state index is 0.130. The van der Waals surface area contributed by atoms with Gasteiger partial charge in [0, 0.05) is 5.54 Å². The lowest BCUT2D eigenvalue weighted by Gasteiger charge is -2.36. The Hall–Kier alpha value is -0.800. The molecule has 0 amide bonds. The molecule has 2 heterocycles. The molecule has 0 radical (unpaired) electrons. The van der Waals surface area contributed by atoms with Gasteiger partial charge in [0.2, 0.25) is 0 Å². The van der Waals surface area contributed by atoms with Crippen molar-refractivity contribution in [2.24, 2.45) is 5.41 Å². The van der Waals surface area contributed by atoms with Crippen LogP contribution < -0.4 is 5.32 Å². The highest BCUT2D eigenvalue weighted by Crippen LogP contribution is 2.30. The van der Waals surface area contributed by atoms with Gasteiger partial charge >= 0.3 is 0 Å². The topological polar surface area (TPSA) is 28.4 Å². The largest absolute Gasteiger partial charge is 0.463 e. The third-order valence-electron chi connectivity index (χ3n) is 4.10. The van der Waals surface area contributed by atoms with Gasteiger partial charge in [-0.1, -0.05) is 13.8 Å². The summed E-state index contributed by atoms with van der Waals surface area (Å²) in [5.41, 5.74) is 0.646. The Morgan fingerprint density at radius 2 is 1.75 bits per heavy atom. The number of hydrogen-bond acceptors (Lipinski definition) is 3. The molecule has 1 N–H and O–H groups in total. The second-order valence-corrected chi connectivity index (χ2v) is 7.91. The molecule has 1 aliphatic heterocycles. The van der Waals surface area contributed by atoms with Gasteiger partial charge in [-0.2, -0.15) is 0 Å². The molecule has 20 heavy (non-hydrogen) atoms. The van der Waals surface area contributed by atoms with Crippen molar-refractivity contribution in [3.63, 3.8) is 0 Å². The fraction of sp³-hybridized carbons (Fsp3) is 0.765. The van der Waals surface area contributed by atoms with Gasteiger partial charge in [-0.05, 0) is 64.3 Å². The van der Waals surface area contributed by atoms with E-state index in [0.717, 1.165) is 24.6 Å². The molecule has 0 unspecified atom stereocenters. The van der Waals surface area contributed by atoms with E-state index >= 15 is 0 Å². The Kier molecular flexibility index (Phi) is 4.60. The van der Waals surface area contributed by atoms with E-state index in [1.165, 1.54) is 25.9 Å². The molecule has 1 aromatic heterocycles. The molecule has 0 spiro atoms. The van der Waals surface area contributed by atoms with E-state index in [4.69, 9.17) is 4.42 Å². The normalized spacial score (nSPS) is 20.2. The van der Waals surface area contributed by atoms with Gasteiger partial charge in [-0.25, -0.2) is 0 Å². The van der Waals surface area contributed by atoms with Crippen molar-refractivity contribution >= 4 is 0 Å². The zero-order valence-electron chi connectivity index (χ0n) is 13.8. The quantitative estimate of drug-likeness (QED) is 0.908. The molecule has 0 bridgehead atoms. The molecule has 0 aliphatic carbocycles. The van der Waals surface area contributed by atoms with E-state index in [2.05, 4.69) is 57.0 Å². The maximum atomic E-state index is 5.93. The van der Waals surface area contributed by atoms with Crippen molar-refractivity contribution in [2.45, 2.75) is 66.1 Å². The highest BCUT2D eigenvalue weighted by molar-refractivity contribution is 5.07. The number of nitrogens with one attached hydrogen (secondary N) is 1. The van der Waals surface area contributed by atoms with E-state index in [0.29, 0.717) is 5.41 Å². The molecular weight excluding hydrogens is 248 g/mol. The minimum absolute atomic E-state index is 0.130. The summed E-state index contributed by atoms with van der Waals surface area (Å²) in [5, 5.41) is 3.46. The van der Waals surface area contributed by atoms with Crippen LogP contribution in [0.4, 0.5) is 0 Å². The van der Waals surface area contributed by atoms with E-state index in [9.17, 15) is 0 Å². The summed E-state index contributed by atoms with van der Waals surface area (Å²) in [6.07, 6.45) is 2.57. The van der Waals surface area contributed by atoms with E-state index in [1.54, 1.807) is 0 Å². The van der Waals surface area contributed by atoms with Gasteiger partial charge in [-0.15, -0.1) is 0 Å². The van der Waals surface area contributed by atoms with Crippen LogP contribution >= 0.6 is 0 Å². The number of furan rings is 1. The van der Waals surface area contributed by atoms with Gasteiger partial charge in [0.25, 0.3) is 0 Å². The average molecular weight is 278 g/mol. The first-order valence-corrected chi connectivity index (χ1v) is 7.79. The molecule has 3 heteroatoms. The zero-order valence-corrected chi connectivity index (χ0v) is 13.8. The van der Waals surface area contributed by atoms with Crippen molar-refractivity contribution < 1.29 is 4.42 Å². The number of likely N-dealkylation sites (tertiary alicyclic amines) is 1. The Bertz CT molecular complexity index is 418. The van der Waals surface area contributed by atoms with Crippen LogP contribution in [0, 0.1) is 5.41 Å². The maximum Gasteiger partial charge on any atom is 0.118 e. The van der Waals surface area contributed by atoms with Crippen molar-refractivity contribution in [1.29, 1.82) is 0 Å². The smallest absolute Gasteiger partial charge is 0.118 e. The first-order chi connectivity index (χ1) is 9.23. The number of nitrogens with zero attached hydrogens (tertiary/aromatic N) is 1. The Morgan fingerprint density at radius 1 is 1.15 bits per heavy atom. The van der Waals surface area contributed by atoms with Gasteiger partial charge in [0.1, 0.15) is 11.5 Å². The SMILES string of the molecule is CC1(C)CCN(Cc2ccc(CNC(C)(C)C)o2)CC1. The highest BCUT2D eigenvalue weighted by Gasteiger charge is 2.25. The van der Waals surface area contributed by atoms with Crippen molar-refractivity contribution in [2.75, 3.05) is 13.1 Å². The maximum absolute atomic E-state index is 5.93. The second kappa shape index (κ2) is 5.90. The van der Waals surface area contributed by atoms with Crippen LogP contribution in [0.15, 0.2) is 16.5 Å². The molecule has 1 saturated heterocycles. The molecule has 114 valence electrons. The van der Waals surface area contributed by atoms with E-state index < -0.39 is 0 Å². The molecular formula is C17H30N2O. The van der Waals surface area contributed by atoms with Crippen molar-refractivity contribution in [3.8, 4) is 0 Å². The molecule has 1 aliphatic rings. The predicted molar refractivity (Wildman–Crippen MR) is 83.6 cm³/mol. The van der Waals surface area contributed by atoms with E-state index in [1.807, 2.05) is 0 Å². The monoisotopic (exact) mass is 278 g/mol. The van der Waals surface area contributed by atoms with Gasteiger partial charge in [0.05, 0.1) is 13.1 Å². The summed E-state index contributed by atoms with van der Waals surface area (Å²) in [6, 6.07) is 4.22. The first-order valence-electron chi connectivity index (χ1n) is 7.79. The summed E-state index contributed by atoms with van der Waals surface area (Å²) in [7, 11) is 0. The summed E-state index contributed by atoms with van der Waals surface area (Å²) in [4.78, 5) is 2.51. The third-order valence-corrected chi connectivity index (χ3v) is 4.10. The fourth-order valence-electron chi connectivity index (χ4n) is 2.49. The fourth-order valence-corrected chi connectivity index (χ4v) is 2.49. The second-order valence-electron chi connectivity index (χ2n) is 7.91. The van der Waals surface area contributed by atoms with Crippen LogP contribution in [0.2, 0.25) is 0 Å². The number of rotatable bonds is 4. The van der Waals surface area contributed by atoms with Crippen LogP contribution in [0.25, 0.3) is 0 Å². The molecule has 0 saturated carbocycles. The van der Waals surface area contributed by atoms with Crippen LogP contribution in [0.1, 0.15) is 59.0 Å². The summed E-state index contributed by atoms with van der Waals surface area (Å²) in [6.45, 7) is 15.4. The zero-order chi connectivity index (χ0) is 14.8. The minimum Gasteiger partial charge on any atom is -0.463 e. The van der Waals surface area contributed by atoms with E-state index in [-0.39, 0.29) is 5.54 Å². The molecule has 0 aromatic carbocycles. The Balaban J connectivity index is 1.81. The summed E-state index contributed by atoms with van der Waals surface area (Å²) in [5.74, 6) is 2.13. The van der Waals surface area contributed by atoms with Gasteiger partial charge < -0.3 is 9.73 Å². The average Bonchev–Trinajstić information content (AvgIpc) is 2.76. The first kappa shape index (κ1) is 15.6. The molecule has 3 nitrogen and oxygen atoms in total. The van der Waals surface area contributed by atoms with Crippen LogP contribution in [-0.4, -0.2) is 23.5 Å². The lowest BCUT2D eigenvalue weighted by molar-refractivity contribution is 0.119.